The number of nitrogens with zero attached hydrogens (tertiary/aromatic N) is 1. The molecule has 3 atom stereocenters. The summed E-state index contributed by atoms with van der Waals surface area (Å²) in [5.74, 6) is -0.155. The van der Waals surface area contributed by atoms with Gasteiger partial charge in [-0.1, -0.05) is 6.07 Å². The molecule has 4 rings (SSSR count). The summed E-state index contributed by atoms with van der Waals surface area (Å²) in [6, 6.07) is 3.05. The van der Waals surface area contributed by atoms with E-state index in [-0.39, 0.29) is 35.9 Å². The molecule has 6 nitrogen and oxygen atoms in total. The Bertz CT molecular complexity index is 937. The van der Waals surface area contributed by atoms with Crippen LogP contribution in [0.5, 0.6) is 5.75 Å². The van der Waals surface area contributed by atoms with Gasteiger partial charge in [0.15, 0.2) is 0 Å². The Labute approximate surface area is 191 Å². The first-order valence-corrected chi connectivity index (χ1v) is 11.4. The summed E-state index contributed by atoms with van der Waals surface area (Å²) >= 11 is 0. The molecule has 1 saturated carbocycles. The van der Waals surface area contributed by atoms with Crippen LogP contribution in [0.15, 0.2) is 18.2 Å². The van der Waals surface area contributed by atoms with Crippen LogP contribution in [0.25, 0.3) is 0 Å². The number of rotatable bonds is 4. The van der Waals surface area contributed by atoms with Gasteiger partial charge >= 0.3 is 12.3 Å². The molecule has 2 saturated heterocycles. The fraction of sp³-hybridized carbons (Fsp3) is 0.667. The van der Waals surface area contributed by atoms with Crippen molar-refractivity contribution in [1.29, 1.82) is 0 Å². The second kappa shape index (κ2) is 8.09. The van der Waals surface area contributed by atoms with Gasteiger partial charge in [0.2, 0.25) is 5.91 Å². The number of nitrogens with one attached hydrogen (secondary N) is 1. The second-order valence-electron chi connectivity index (χ2n) is 10.3. The molecule has 33 heavy (non-hydrogen) atoms. The zero-order valence-corrected chi connectivity index (χ0v) is 19.4. The molecule has 182 valence electrons. The molecular weight excluding hydrogens is 437 g/mol. The van der Waals surface area contributed by atoms with Crippen molar-refractivity contribution in [3.05, 3.63) is 29.3 Å². The van der Waals surface area contributed by atoms with Crippen molar-refractivity contribution in [3.8, 4) is 5.75 Å². The van der Waals surface area contributed by atoms with Gasteiger partial charge in [0.1, 0.15) is 11.4 Å². The zero-order valence-electron chi connectivity index (χ0n) is 19.4. The van der Waals surface area contributed by atoms with Crippen LogP contribution < -0.4 is 10.1 Å². The van der Waals surface area contributed by atoms with Gasteiger partial charge in [-0.3, -0.25) is 4.79 Å². The highest BCUT2D eigenvalue weighted by Gasteiger charge is 2.55. The Morgan fingerprint density at radius 1 is 1.09 bits per heavy atom. The van der Waals surface area contributed by atoms with E-state index >= 15 is 0 Å². The summed E-state index contributed by atoms with van der Waals surface area (Å²) in [5.41, 5.74) is -1.85. The number of carbonyl (C=O) groups is 2. The van der Waals surface area contributed by atoms with Crippen LogP contribution >= 0.6 is 0 Å². The van der Waals surface area contributed by atoms with E-state index in [2.05, 4.69) is 5.32 Å². The lowest BCUT2D eigenvalue weighted by molar-refractivity contribution is -0.137. The molecule has 0 radical (unpaired) electrons. The molecule has 3 unspecified atom stereocenters. The number of halogens is 3. The maximum atomic E-state index is 13.4. The predicted octanol–water partition coefficient (Wildman–Crippen LogP) is 4.79. The van der Waals surface area contributed by atoms with E-state index in [1.165, 1.54) is 13.2 Å². The SMILES string of the molecule is COc1cc(C(F)(F)F)ccc1C1(C(=O)NC2CCC3CCC2N3C(=O)OC(C)(C)C)CC1. The summed E-state index contributed by atoms with van der Waals surface area (Å²) < 4.78 is 50.2. The Kier molecular flexibility index (Phi) is 5.81. The molecule has 1 aromatic carbocycles. The number of carbonyl (C=O) groups excluding carboxylic acids is 2. The van der Waals surface area contributed by atoms with Gasteiger partial charge in [0.25, 0.3) is 0 Å². The lowest BCUT2D eigenvalue weighted by Gasteiger charge is -2.41. The minimum Gasteiger partial charge on any atom is -0.496 e. The van der Waals surface area contributed by atoms with Gasteiger partial charge in [-0.05, 0) is 71.4 Å². The standard InChI is InChI=1S/C24H31F3N2O4/c1-22(2,3)33-21(31)29-15-6-9-17(18(29)10-7-15)28-20(30)23(11-12-23)16-8-5-14(24(25,26)27)13-19(16)32-4/h5,8,13,15,17-18H,6-7,9-12H2,1-4H3,(H,28,30). The van der Waals surface area contributed by atoms with Crippen LogP contribution in [-0.2, 0) is 21.1 Å². The van der Waals surface area contributed by atoms with Crippen molar-refractivity contribution >= 4 is 12.0 Å². The topological polar surface area (TPSA) is 67.9 Å². The van der Waals surface area contributed by atoms with E-state index in [9.17, 15) is 22.8 Å². The van der Waals surface area contributed by atoms with Crippen molar-refractivity contribution < 1.29 is 32.2 Å². The first-order chi connectivity index (χ1) is 15.4. The predicted molar refractivity (Wildman–Crippen MR) is 115 cm³/mol. The average Bonchev–Trinajstić information content (AvgIpc) is 3.46. The minimum absolute atomic E-state index is 0.0671. The normalized spacial score (nSPS) is 26.0. The third-order valence-electron chi connectivity index (χ3n) is 6.97. The van der Waals surface area contributed by atoms with E-state index in [1.54, 1.807) is 4.90 Å². The third kappa shape index (κ3) is 4.51. The van der Waals surface area contributed by atoms with Crippen molar-refractivity contribution in [2.75, 3.05) is 7.11 Å². The highest BCUT2D eigenvalue weighted by molar-refractivity contribution is 5.92. The second-order valence-corrected chi connectivity index (χ2v) is 10.3. The fourth-order valence-corrected chi connectivity index (χ4v) is 5.24. The van der Waals surface area contributed by atoms with Crippen LogP contribution in [0.1, 0.15) is 70.4 Å². The van der Waals surface area contributed by atoms with Crippen LogP contribution in [-0.4, -0.2) is 47.7 Å². The lowest BCUT2D eigenvalue weighted by Crippen LogP contribution is -2.58. The molecule has 0 aromatic heterocycles. The van der Waals surface area contributed by atoms with Gasteiger partial charge in [-0.15, -0.1) is 0 Å². The molecule has 1 N–H and O–H groups in total. The van der Waals surface area contributed by atoms with Crippen molar-refractivity contribution in [3.63, 3.8) is 0 Å². The van der Waals surface area contributed by atoms with E-state index in [0.29, 0.717) is 18.4 Å². The lowest BCUT2D eigenvalue weighted by atomic mass is 9.91. The number of methoxy groups -OCH3 is 1. The number of benzene rings is 1. The summed E-state index contributed by atoms with van der Waals surface area (Å²) in [7, 11) is 1.31. The molecule has 2 bridgehead atoms. The van der Waals surface area contributed by atoms with Crippen molar-refractivity contribution in [1.82, 2.24) is 10.2 Å². The molecule has 1 aromatic rings. The number of hydrogen-bond acceptors (Lipinski definition) is 4. The van der Waals surface area contributed by atoms with E-state index in [4.69, 9.17) is 9.47 Å². The highest BCUT2D eigenvalue weighted by Crippen LogP contribution is 2.52. The molecule has 0 spiro atoms. The molecule has 3 aliphatic rings. The molecule has 3 fully saturated rings. The number of amides is 2. The molecule has 9 heteroatoms. The molecular formula is C24H31F3N2O4. The summed E-state index contributed by atoms with van der Waals surface area (Å²) in [4.78, 5) is 28.0. The Hall–Kier alpha value is -2.45. The number of piperidine rings is 1. The highest BCUT2D eigenvalue weighted by atomic mass is 19.4. The van der Waals surface area contributed by atoms with Gasteiger partial charge in [-0.25, -0.2) is 4.79 Å². The van der Waals surface area contributed by atoms with Gasteiger partial charge in [0.05, 0.1) is 24.1 Å². The smallest absolute Gasteiger partial charge is 0.416 e. The Balaban J connectivity index is 1.52. The number of hydrogen-bond donors (Lipinski definition) is 1. The maximum Gasteiger partial charge on any atom is 0.416 e. The van der Waals surface area contributed by atoms with Crippen molar-refractivity contribution in [2.24, 2.45) is 0 Å². The van der Waals surface area contributed by atoms with Crippen LogP contribution in [0, 0.1) is 0 Å². The quantitative estimate of drug-likeness (QED) is 0.690. The van der Waals surface area contributed by atoms with Crippen LogP contribution in [0.3, 0.4) is 0 Å². The van der Waals surface area contributed by atoms with E-state index in [0.717, 1.165) is 37.8 Å². The number of ether oxygens (including phenoxy) is 2. The molecule has 2 aliphatic heterocycles. The largest absolute Gasteiger partial charge is 0.496 e. The average molecular weight is 469 g/mol. The van der Waals surface area contributed by atoms with Gasteiger partial charge in [0, 0.05) is 17.6 Å². The minimum atomic E-state index is -4.49. The molecule has 2 heterocycles. The first-order valence-electron chi connectivity index (χ1n) is 11.4. The summed E-state index contributed by atoms with van der Waals surface area (Å²) in [6.45, 7) is 5.47. The van der Waals surface area contributed by atoms with Crippen LogP contribution in [0.4, 0.5) is 18.0 Å². The summed E-state index contributed by atoms with van der Waals surface area (Å²) in [5, 5.41) is 3.13. The molecule has 1 aliphatic carbocycles. The van der Waals surface area contributed by atoms with E-state index in [1.807, 2.05) is 20.8 Å². The van der Waals surface area contributed by atoms with Gasteiger partial charge in [-0.2, -0.15) is 13.2 Å². The number of alkyl halides is 3. The monoisotopic (exact) mass is 468 g/mol. The molecule has 2 amide bonds. The Morgan fingerprint density at radius 2 is 1.76 bits per heavy atom. The van der Waals surface area contributed by atoms with Gasteiger partial charge < -0.3 is 19.7 Å². The van der Waals surface area contributed by atoms with E-state index < -0.39 is 22.8 Å². The number of fused-ring (bicyclic) bond motifs is 2. The van der Waals surface area contributed by atoms with Crippen LogP contribution in [0.2, 0.25) is 0 Å². The fourth-order valence-electron chi connectivity index (χ4n) is 5.24. The third-order valence-corrected chi connectivity index (χ3v) is 6.97. The maximum absolute atomic E-state index is 13.4. The van der Waals surface area contributed by atoms with Crippen molar-refractivity contribution in [2.45, 2.75) is 94.6 Å². The zero-order chi connectivity index (χ0) is 24.2. The Morgan fingerprint density at radius 3 is 2.33 bits per heavy atom. The summed E-state index contributed by atoms with van der Waals surface area (Å²) in [6.07, 6.45) is -0.596. The first kappa shape index (κ1) is 23.7.